The van der Waals surface area contributed by atoms with Crippen LogP contribution in [0.1, 0.15) is 19.4 Å². The highest BCUT2D eigenvalue weighted by Crippen LogP contribution is 2.37. The van der Waals surface area contributed by atoms with Crippen LogP contribution < -0.4 is 14.4 Å². The molecule has 0 saturated carbocycles. The molecule has 0 atom stereocenters. The standard InChI is InChI=1S/C16H18F3N3O2/c1-4-22(12-8-6-7-9-13(12)23-3)15-20-10-11(16(17,18)19)14(21-15)24-5-2/h6-10H,4-5H2,1-3H3. The number of hydrogen-bond acceptors (Lipinski definition) is 5. The van der Waals surface area contributed by atoms with E-state index < -0.39 is 17.6 Å². The molecule has 1 aromatic carbocycles. The van der Waals surface area contributed by atoms with E-state index in [9.17, 15) is 13.2 Å². The zero-order chi connectivity index (χ0) is 17.7. The average Bonchev–Trinajstić information content (AvgIpc) is 2.55. The highest BCUT2D eigenvalue weighted by atomic mass is 19.4. The van der Waals surface area contributed by atoms with Gasteiger partial charge in [0.25, 0.3) is 0 Å². The van der Waals surface area contributed by atoms with Crippen molar-refractivity contribution in [2.45, 2.75) is 20.0 Å². The highest BCUT2D eigenvalue weighted by Gasteiger charge is 2.36. The molecule has 0 aliphatic heterocycles. The van der Waals surface area contributed by atoms with Gasteiger partial charge >= 0.3 is 6.18 Å². The molecular formula is C16H18F3N3O2. The number of nitrogens with zero attached hydrogens (tertiary/aromatic N) is 3. The van der Waals surface area contributed by atoms with Crippen LogP contribution >= 0.6 is 0 Å². The summed E-state index contributed by atoms with van der Waals surface area (Å²) in [5.74, 6) is 0.197. The molecule has 1 heterocycles. The number of benzene rings is 1. The molecule has 0 aliphatic carbocycles. The van der Waals surface area contributed by atoms with Gasteiger partial charge < -0.3 is 14.4 Å². The van der Waals surface area contributed by atoms with Gasteiger partial charge in [0.15, 0.2) is 0 Å². The predicted molar refractivity (Wildman–Crippen MR) is 83.9 cm³/mol. The molecule has 0 fully saturated rings. The summed E-state index contributed by atoms with van der Waals surface area (Å²) in [7, 11) is 1.52. The summed E-state index contributed by atoms with van der Waals surface area (Å²) in [6.07, 6.45) is -3.84. The number of rotatable bonds is 6. The van der Waals surface area contributed by atoms with Crippen LogP contribution in [0.25, 0.3) is 0 Å². The van der Waals surface area contributed by atoms with Gasteiger partial charge in [0.1, 0.15) is 11.3 Å². The van der Waals surface area contributed by atoms with Crippen molar-refractivity contribution in [3.8, 4) is 11.6 Å². The van der Waals surface area contributed by atoms with Gasteiger partial charge in [-0.3, -0.25) is 0 Å². The first-order valence-electron chi connectivity index (χ1n) is 7.39. The third kappa shape index (κ3) is 3.69. The fraction of sp³-hybridized carbons (Fsp3) is 0.375. The van der Waals surface area contributed by atoms with Crippen LogP contribution in [0.5, 0.6) is 11.6 Å². The first-order chi connectivity index (χ1) is 11.4. The maximum absolute atomic E-state index is 13.0. The molecular weight excluding hydrogens is 323 g/mol. The average molecular weight is 341 g/mol. The lowest BCUT2D eigenvalue weighted by Gasteiger charge is -2.24. The molecule has 0 spiro atoms. The Morgan fingerprint density at radius 2 is 1.88 bits per heavy atom. The van der Waals surface area contributed by atoms with Crippen LogP contribution in [-0.2, 0) is 6.18 Å². The molecule has 0 saturated heterocycles. The molecule has 0 aliphatic rings. The fourth-order valence-electron chi connectivity index (χ4n) is 2.20. The van der Waals surface area contributed by atoms with Crippen molar-refractivity contribution in [2.75, 3.05) is 25.2 Å². The molecule has 2 rings (SSSR count). The zero-order valence-corrected chi connectivity index (χ0v) is 13.6. The Kier molecular flexibility index (Phi) is 5.48. The van der Waals surface area contributed by atoms with Crippen molar-refractivity contribution in [1.29, 1.82) is 0 Å². The predicted octanol–water partition coefficient (Wildman–Crippen LogP) is 4.06. The second-order valence-electron chi connectivity index (χ2n) is 4.74. The molecule has 0 amide bonds. The van der Waals surface area contributed by atoms with Gasteiger partial charge in [0, 0.05) is 12.7 Å². The van der Waals surface area contributed by atoms with Crippen LogP contribution in [-0.4, -0.2) is 30.2 Å². The number of methoxy groups -OCH3 is 1. The number of halogens is 3. The van der Waals surface area contributed by atoms with Crippen LogP contribution in [0, 0.1) is 0 Å². The van der Waals surface area contributed by atoms with E-state index in [0.717, 1.165) is 6.20 Å². The molecule has 24 heavy (non-hydrogen) atoms. The first kappa shape index (κ1) is 17.8. The van der Waals surface area contributed by atoms with Crippen molar-refractivity contribution in [3.63, 3.8) is 0 Å². The van der Waals surface area contributed by atoms with Gasteiger partial charge in [-0.1, -0.05) is 12.1 Å². The molecule has 2 aromatic rings. The largest absolute Gasteiger partial charge is 0.495 e. The van der Waals surface area contributed by atoms with Gasteiger partial charge in [-0.05, 0) is 26.0 Å². The lowest BCUT2D eigenvalue weighted by molar-refractivity contribution is -0.139. The SMILES string of the molecule is CCOc1nc(N(CC)c2ccccc2OC)ncc1C(F)(F)F. The second-order valence-corrected chi connectivity index (χ2v) is 4.74. The van der Waals surface area contributed by atoms with Crippen LogP contribution in [0.4, 0.5) is 24.8 Å². The third-order valence-electron chi connectivity index (χ3n) is 3.26. The lowest BCUT2D eigenvalue weighted by atomic mass is 10.2. The molecule has 0 radical (unpaired) electrons. The minimum atomic E-state index is -4.58. The van der Waals surface area contributed by atoms with Crippen molar-refractivity contribution in [2.24, 2.45) is 0 Å². The van der Waals surface area contributed by atoms with Crippen LogP contribution in [0.15, 0.2) is 30.5 Å². The van der Waals surface area contributed by atoms with Crippen LogP contribution in [0.2, 0.25) is 0 Å². The summed E-state index contributed by atoms with van der Waals surface area (Å²) in [4.78, 5) is 9.49. The Morgan fingerprint density at radius 3 is 2.46 bits per heavy atom. The summed E-state index contributed by atoms with van der Waals surface area (Å²) >= 11 is 0. The van der Waals surface area contributed by atoms with Gasteiger partial charge in [-0.2, -0.15) is 18.2 Å². The molecule has 0 N–H and O–H groups in total. The van der Waals surface area contributed by atoms with E-state index in [1.807, 2.05) is 6.92 Å². The van der Waals surface area contributed by atoms with Crippen LogP contribution in [0.3, 0.4) is 0 Å². The minimum Gasteiger partial charge on any atom is -0.495 e. The van der Waals surface area contributed by atoms with Gasteiger partial charge in [0.05, 0.1) is 19.4 Å². The van der Waals surface area contributed by atoms with Crippen molar-refractivity contribution < 1.29 is 22.6 Å². The zero-order valence-electron chi connectivity index (χ0n) is 13.6. The van der Waals surface area contributed by atoms with Gasteiger partial charge in [-0.25, -0.2) is 4.98 Å². The second kappa shape index (κ2) is 7.37. The number of anilines is 2. The Hall–Kier alpha value is -2.51. The first-order valence-corrected chi connectivity index (χ1v) is 7.39. The number of hydrogen-bond donors (Lipinski definition) is 0. The van der Waals surface area contributed by atoms with E-state index >= 15 is 0 Å². The number of alkyl halides is 3. The van der Waals surface area contributed by atoms with Crippen molar-refractivity contribution in [1.82, 2.24) is 9.97 Å². The Balaban J connectivity index is 2.51. The number of aromatic nitrogens is 2. The fourth-order valence-corrected chi connectivity index (χ4v) is 2.20. The maximum Gasteiger partial charge on any atom is 0.423 e. The van der Waals surface area contributed by atoms with E-state index in [2.05, 4.69) is 9.97 Å². The number of para-hydroxylation sites is 2. The van der Waals surface area contributed by atoms with E-state index in [4.69, 9.17) is 9.47 Å². The van der Waals surface area contributed by atoms with Gasteiger partial charge in [0.2, 0.25) is 11.8 Å². The lowest BCUT2D eigenvalue weighted by Crippen LogP contribution is -2.21. The number of ether oxygens (including phenoxy) is 2. The van der Waals surface area contributed by atoms with E-state index in [1.165, 1.54) is 7.11 Å². The molecule has 130 valence electrons. The molecule has 1 aromatic heterocycles. The summed E-state index contributed by atoms with van der Waals surface area (Å²) in [6, 6.07) is 7.14. The topological polar surface area (TPSA) is 47.5 Å². The van der Waals surface area contributed by atoms with Crippen molar-refractivity contribution in [3.05, 3.63) is 36.0 Å². The summed E-state index contributed by atoms with van der Waals surface area (Å²) < 4.78 is 49.5. The van der Waals surface area contributed by atoms with Crippen molar-refractivity contribution >= 4 is 11.6 Å². The highest BCUT2D eigenvalue weighted by molar-refractivity contribution is 5.65. The van der Waals surface area contributed by atoms with Gasteiger partial charge in [-0.15, -0.1) is 0 Å². The normalized spacial score (nSPS) is 11.2. The summed E-state index contributed by atoms with van der Waals surface area (Å²) in [5.41, 5.74) is -0.339. The monoisotopic (exact) mass is 341 g/mol. The third-order valence-corrected chi connectivity index (χ3v) is 3.26. The Labute approximate surface area is 138 Å². The molecule has 8 heteroatoms. The van der Waals surface area contributed by atoms with E-state index in [-0.39, 0.29) is 12.6 Å². The van der Waals surface area contributed by atoms with E-state index in [0.29, 0.717) is 18.0 Å². The Morgan fingerprint density at radius 1 is 1.17 bits per heavy atom. The summed E-state index contributed by atoms with van der Waals surface area (Å²) in [6.45, 7) is 3.95. The molecule has 5 nitrogen and oxygen atoms in total. The quantitative estimate of drug-likeness (QED) is 0.793. The summed E-state index contributed by atoms with van der Waals surface area (Å²) in [5, 5.41) is 0. The van der Waals surface area contributed by atoms with E-state index in [1.54, 1.807) is 36.1 Å². The smallest absolute Gasteiger partial charge is 0.423 e. The molecule has 0 unspecified atom stereocenters. The Bertz CT molecular complexity index is 693. The molecule has 0 bridgehead atoms. The minimum absolute atomic E-state index is 0.0698. The maximum atomic E-state index is 13.0.